The standard InChI is InChI=1S/C57H37N5/c1-4-16-38(17-5-1)49-37-50(39-32-34-45(35-33-39)61-51-26-14-12-24-47(51)48-25-13-15-27-52(48)61)59-57(58-49)43-30-28-42(29-31-43)55-54(41-20-8-3-9-21-41)56-46-23-11-10-22-44(46)36-53(62(56)60-55)40-18-6-2-7-19-40/h1-37H. The molecule has 62 heavy (non-hydrogen) atoms. The summed E-state index contributed by atoms with van der Waals surface area (Å²) in [6.45, 7) is 0. The summed E-state index contributed by atoms with van der Waals surface area (Å²) in [6, 6.07) is 79.0. The lowest BCUT2D eigenvalue weighted by atomic mass is 9.96. The molecule has 12 rings (SSSR count). The van der Waals surface area contributed by atoms with Gasteiger partial charge in [0.05, 0.1) is 33.6 Å². The van der Waals surface area contributed by atoms with E-state index in [0.717, 1.165) is 78.3 Å². The van der Waals surface area contributed by atoms with Crippen molar-refractivity contribution in [3.63, 3.8) is 0 Å². The number of aromatic nitrogens is 5. The van der Waals surface area contributed by atoms with Gasteiger partial charge in [-0.2, -0.15) is 5.10 Å². The SMILES string of the molecule is c1ccc(-c2cc(-c3ccc(-n4c5ccccc5c5ccccc54)cc3)nc(-c3ccc(-c4nn5c(-c6ccccc6)cc6ccccc6c5c4-c4ccccc4)cc3)n2)cc1. The molecule has 0 saturated heterocycles. The summed E-state index contributed by atoms with van der Waals surface area (Å²) in [6.07, 6.45) is 0. The third-order valence-corrected chi connectivity index (χ3v) is 12.0. The third-order valence-electron chi connectivity index (χ3n) is 12.0. The minimum absolute atomic E-state index is 0.662. The van der Waals surface area contributed by atoms with E-state index in [1.54, 1.807) is 0 Å². The van der Waals surface area contributed by atoms with Crippen LogP contribution in [0.5, 0.6) is 0 Å². The van der Waals surface area contributed by atoms with Crippen LogP contribution in [0.1, 0.15) is 0 Å². The summed E-state index contributed by atoms with van der Waals surface area (Å²) >= 11 is 0. The minimum atomic E-state index is 0.662. The third kappa shape index (κ3) is 5.98. The van der Waals surface area contributed by atoms with Crippen molar-refractivity contribution in [1.82, 2.24) is 24.1 Å². The van der Waals surface area contributed by atoms with Gasteiger partial charge in [-0.15, -0.1) is 0 Å². The van der Waals surface area contributed by atoms with E-state index in [1.807, 2.05) is 6.07 Å². The topological polar surface area (TPSA) is 48.0 Å². The van der Waals surface area contributed by atoms with Gasteiger partial charge in [0.25, 0.3) is 0 Å². The highest BCUT2D eigenvalue weighted by Crippen LogP contribution is 2.41. The van der Waals surface area contributed by atoms with Crippen LogP contribution in [0, 0.1) is 0 Å². The Morgan fingerprint density at radius 3 is 1.47 bits per heavy atom. The molecule has 4 heterocycles. The van der Waals surface area contributed by atoms with Crippen molar-refractivity contribution < 1.29 is 0 Å². The van der Waals surface area contributed by atoms with Gasteiger partial charge in [-0.1, -0.05) is 188 Å². The number of hydrogen-bond acceptors (Lipinski definition) is 3. The van der Waals surface area contributed by atoms with Crippen molar-refractivity contribution in [3.8, 4) is 73.2 Å². The second-order valence-corrected chi connectivity index (χ2v) is 15.7. The van der Waals surface area contributed by atoms with E-state index >= 15 is 0 Å². The van der Waals surface area contributed by atoms with Gasteiger partial charge in [0, 0.05) is 55.2 Å². The highest BCUT2D eigenvalue weighted by atomic mass is 15.2. The van der Waals surface area contributed by atoms with Gasteiger partial charge in [0.2, 0.25) is 0 Å². The minimum Gasteiger partial charge on any atom is -0.309 e. The second-order valence-electron chi connectivity index (χ2n) is 15.7. The van der Waals surface area contributed by atoms with Crippen LogP contribution in [0.15, 0.2) is 224 Å². The Kier molecular flexibility index (Phi) is 8.42. The fourth-order valence-electron chi connectivity index (χ4n) is 9.02. The molecule has 0 atom stereocenters. The van der Waals surface area contributed by atoms with Gasteiger partial charge in [-0.3, -0.25) is 0 Å². The van der Waals surface area contributed by atoms with Crippen LogP contribution in [0.2, 0.25) is 0 Å². The predicted molar refractivity (Wildman–Crippen MR) is 255 cm³/mol. The van der Waals surface area contributed by atoms with Crippen molar-refractivity contribution in [1.29, 1.82) is 0 Å². The summed E-state index contributed by atoms with van der Waals surface area (Å²) in [4.78, 5) is 10.4. The van der Waals surface area contributed by atoms with Crippen LogP contribution in [0.4, 0.5) is 0 Å². The molecule has 12 aromatic rings. The molecule has 0 radical (unpaired) electrons. The fourth-order valence-corrected chi connectivity index (χ4v) is 9.02. The average molecular weight is 792 g/mol. The number of hydrogen-bond donors (Lipinski definition) is 0. The zero-order valence-electron chi connectivity index (χ0n) is 33.6. The Morgan fingerprint density at radius 2 is 0.839 bits per heavy atom. The van der Waals surface area contributed by atoms with E-state index in [1.165, 1.54) is 27.2 Å². The number of para-hydroxylation sites is 2. The molecule has 0 saturated carbocycles. The molecule has 0 N–H and O–H groups in total. The highest BCUT2D eigenvalue weighted by Gasteiger charge is 2.22. The Hall–Kier alpha value is -8.41. The molecule has 8 aromatic carbocycles. The van der Waals surface area contributed by atoms with E-state index < -0.39 is 0 Å². The van der Waals surface area contributed by atoms with E-state index in [9.17, 15) is 0 Å². The molecule has 0 fully saturated rings. The van der Waals surface area contributed by atoms with Crippen molar-refractivity contribution in [3.05, 3.63) is 224 Å². The number of fused-ring (bicyclic) bond motifs is 6. The molecule has 5 heteroatoms. The van der Waals surface area contributed by atoms with Gasteiger partial charge in [0.15, 0.2) is 5.82 Å². The summed E-state index contributed by atoms with van der Waals surface area (Å²) in [5, 5.41) is 10.3. The Morgan fingerprint density at radius 1 is 0.355 bits per heavy atom. The molecule has 0 spiro atoms. The van der Waals surface area contributed by atoms with Crippen molar-refractivity contribution in [2.24, 2.45) is 0 Å². The van der Waals surface area contributed by atoms with E-state index in [0.29, 0.717) is 5.82 Å². The molecule has 0 aliphatic rings. The van der Waals surface area contributed by atoms with Crippen LogP contribution in [0.3, 0.4) is 0 Å². The summed E-state index contributed by atoms with van der Waals surface area (Å²) in [5.41, 5.74) is 15.6. The Labute approximate surface area is 358 Å². The van der Waals surface area contributed by atoms with Crippen LogP contribution >= 0.6 is 0 Å². The molecule has 5 nitrogen and oxygen atoms in total. The molecule has 290 valence electrons. The normalized spacial score (nSPS) is 11.5. The monoisotopic (exact) mass is 791 g/mol. The van der Waals surface area contributed by atoms with E-state index in [4.69, 9.17) is 15.1 Å². The number of pyridine rings is 1. The Balaban J connectivity index is 0.984. The smallest absolute Gasteiger partial charge is 0.160 e. The van der Waals surface area contributed by atoms with Gasteiger partial charge in [-0.05, 0) is 47.3 Å². The first kappa shape index (κ1) is 35.5. The Bertz CT molecular complexity index is 3540. The van der Waals surface area contributed by atoms with Crippen molar-refractivity contribution in [2.45, 2.75) is 0 Å². The number of benzene rings is 8. The van der Waals surface area contributed by atoms with E-state index in [2.05, 4.69) is 227 Å². The predicted octanol–water partition coefficient (Wildman–Crippen LogP) is 14.4. The van der Waals surface area contributed by atoms with Crippen molar-refractivity contribution >= 4 is 38.1 Å². The maximum Gasteiger partial charge on any atom is 0.160 e. The first-order valence-electron chi connectivity index (χ1n) is 20.9. The lowest BCUT2D eigenvalue weighted by Gasteiger charge is -2.12. The molecule has 0 aliphatic carbocycles. The van der Waals surface area contributed by atoms with Crippen LogP contribution < -0.4 is 0 Å². The summed E-state index contributed by atoms with van der Waals surface area (Å²) in [5.74, 6) is 0.662. The summed E-state index contributed by atoms with van der Waals surface area (Å²) in [7, 11) is 0. The largest absolute Gasteiger partial charge is 0.309 e. The maximum absolute atomic E-state index is 5.44. The van der Waals surface area contributed by atoms with Gasteiger partial charge < -0.3 is 4.57 Å². The molecule has 0 unspecified atom stereocenters. The fraction of sp³-hybridized carbons (Fsp3) is 0. The zero-order valence-corrected chi connectivity index (χ0v) is 33.6. The lowest BCUT2D eigenvalue weighted by Crippen LogP contribution is -1.97. The molecule has 4 aromatic heterocycles. The average Bonchev–Trinajstić information content (AvgIpc) is 3.92. The highest BCUT2D eigenvalue weighted by molar-refractivity contribution is 6.10. The van der Waals surface area contributed by atoms with Crippen LogP contribution in [-0.4, -0.2) is 24.1 Å². The molecular formula is C57H37N5. The maximum atomic E-state index is 5.44. The van der Waals surface area contributed by atoms with Gasteiger partial charge >= 0.3 is 0 Å². The van der Waals surface area contributed by atoms with Crippen LogP contribution in [0.25, 0.3) is 111 Å². The van der Waals surface area contributed by atoms with Gasteiger partial charge in [-0.25, -0.2) is 14.5 Å². The van der Waals surface area contributed by atoms with Crippen molar-refractivity contribution in [2.75, 3.05) is 0 Å². The summed E-state index contributed by atoms with van der Waals surface area (Å²) < 4.78 is 4.47. The van der Waals surface area contributed by atoms with Gasteiger partial charge in [0.1, 0.15) is 5.69 Å². The quantitative estimate of drug-likeness (QED) is 0.162. The molecular weight excluding hydrogens is 755 g/mol. The molecule has 0 amide bonds. The first-order chi connectivity index (χ1) is 30.7. The molecule has 0 bridgehead atoms. The lowest BCUT2D eigenvalue weighted by molar-refractivity contribution is 0.979. The zero-order chi connectivity index (χ0) is 41.0. The van der Waals surface area contributed by atoms with Crippen LogP contribution in [-0.2, 0) is 0 Å². The first-order valence-corrected chi connectivity index (χ1v) is 20.9. The number of rotatable bonds is 7. The second kappa shape index (κ2) is 14.7. The number of nitrogens with zero attached hydrogens (tertiary/aromatic N) is 5. The van der Waals surface area contributed by atoms with E-state index in [-0.39, 0.29) is 0 Å². The molecule has 0 aliphatic heterocycles.